The summed E-state index contributed by atoms with van der Waals surface area (Å²) < 4.78 is 0. The van der Waals surface area contributed by atoms with Crippen LogP contribution in [0.1, 0.15) is 12.1 Å². The van der Waals surface area contributed by atoms with Gasteiger partial charge in [0, 0.05) is 24.5 Å². The van der Waals surface area contributed by atoms with Crippen LogP contribution in [0.5, 0.6) is 0 Å². The number of carbonyl (C=O) groups excluding carboxylic acids is 1. The Labute approximate surface area is 118 Å². The zero-order valence-corrected chi connectivity index (χ0v) is 11.8. The van der Waals surface area contributed by atoms with E-state index in [0.717, 1.165) is 36.7 Å². The molecule has 4 nitrogen and oxygen atoms in total. The molecule has 2 rings (SSSR count). The molecule has 0 aliphatic carbocycles. The number of halogens is 1. The average molecular weight is 288 g/mol. The number of nitrogens with zero attached hydrogens (tertiary/aromatic N) is 2. The minimum atomic E-state index is 0. The predicted octanol–water partition coefficient (Wildman–Crippen LogP) is 1.59. The molecule has 6 heteroatoms. The van der Waals surface area contributed by atoms with E-state index in [9.17, 15) is 4.79 Å². The highest BCUT2D eigenvalue weighted by molar-refractivity contribution is 7.99. The highest BCUT2D eigenvalue weighted by atomic mass is 35.5. The SMILES string of the molecule is Cl.Nc1ccc(CC(=O)N2CCCSCC2)nc1. The summed E-state index contributed by atoms with van der Waals surface area (Å²) in [5.41, 5.74) is 6.98. The van der Waals surface area contributed by atoms with Gasteiger partial charge in [-0.2, -0.15) is 11.8 Å². The topological polar surface area (TPSA) is 59.2 Å². The molecule has 1 aromatic heterocycles. The van der Waals surface area contributed by atoms with Crippen LogP contribution in [0.2, 0.25) is 0 Å². The summed E-state index contributed by atoms with van der Waals surface area (Å²) >= 11 is 1.92. The number of amides is 1. The lowest BCUT2D eigenvalue weighted by Crippen LogP contribution is -2.34. The molecule has 0 unspecified atom stereocenters. The lowest BCUT2D eigenvalue weighted by molar-refractivity contribution is -0.130. The van der Waals surface area contributed by atoms with Gasteiger partial charge in [0.05, 0.1) is 18.3 Å². The van der Waals surface area contributed by atoms with Crippen LogP contribution in [0.3, 0.4) is 0 Å². The Morgan fingerprint density at radius 2 is 2.22 bits per heavy atom. The van der Waals surface area contributed by atoms with Crippen molar-refractivity contribution in [3.63, 3.8) is 0 Å². The van der Waals surface area contributed by atoms with Gasteiger partial charge in [-0.15, -0.1) is 12.4 Å². The van der Waals surface area contributed by atoms with Gasteiger partial charge in [0.1, 0.15) is 0 Å². The summed E-state index contributed by atoms with van der Waals surface area (Å²) in [4.78, 5) is 18.2. The third-order valence-electron chi connectivity index (χ3n) is 2.75. The van der Waals surface area contributed by atoms with Crippen molar-refractivity contribution >= 4 is 35.8 Å². The van der Waals surface area contributed by atoms with E-state index in [1.165, 1.54) is 0 Å². The van der Waals surface area contributed by atoms with Gasteiger partial charge in [-0.3, -0.25) is 9.78 Å². The van der Waals surface area contributed by atoms with Gasteiger partial charge in [-0.25, -0.2) is 0 Å². The fourth-order valence-corrected chi connectivity index (χ4v) is 2.69. The molecule has 0 saturated carbocycles. The van der Waals surface area contributed by atoms with Gasteiger partial charge in [0.15, 0.2) is 0 Å². The summed E-state index contributed by atoms with van der Waals surface area (Å²) in [5.74, 6) is 2.37. The molecule has 1 aliphatic rings. The number of nitrogens with two attached hydrogens (primary N) is 1. The van der Waals surface area contributed by atoms with Crippen LogP contribution in [0.15, 0.2) is 18.3 Å². The van der Waals surface area contributed by atoms with E-state index >= 15 is 0 Å². The van der Waals surface area contributed by atoms with Crippen LogP contribution in [-0.2, 0) is 11.2 Å². The Kier molecular flexibility index (Phi) is 6.29. The first-order valence-corrected chi connectivity index (χ1v) is 6.97. The number of carbonyl (C=O) groups is 1. The Bertz CT molecular complexity index is 377. The summed E-state index contributed by atoms with van der Waals surface area (Å²) in [5, 5.41) is 0. The zero-order valence-electron chi connectivity index (χ0n) is 10.2. The Balaban J connectivity index is 0.00000162. The molecule has 1 aliphatic heterocycles. The Hall–Kier alpha value is -0.940. The van der Waals surface area contributed by atoms with E-state index in [0.29, 0.717) is 12.1 Å². The minimum absolute atomic E-state index is 0. The Morgan fingerprint density at radius 3 is 2.94 bits per heavy atom. The molecule has 0 bridgehead atoms. The molecular formula is C12H18ClN3OS. The molecule has 1 fully saturated rings. The van der Waals surface area contributed by atoms with E-state index in [1.54, 1.807) is 12.3 Å². The molecule has 2 N–H and O–H groups in total. The smallest absolute Gasteiger partial charge is 0.228 e. The van der Waals surface area contributed by atoms with Crippen molar-refractivity contribution in [1.82, 2.24) is 9.88 Å². The van der Waals surface area contributed by atoms with Crippen molar-refractivity contribution in [2.75, 3.05) is 30.3 Å². The quantitative estimate of drug-likeness (QED) is 0.897. The summed E-state index contributed by atoms with van der Waals surface area (Å²) in [7, 11) is 0. The number of nitrogen functional groups attached to an aromatic ring is 1. The second-order valence-electron chi connectivity index (χ2n) is 4.11. The fourth-order valence-electron chi connectivity index (χ4n) is 1.80. The van der Waals surface area contributed by atoms with Crippen molar-refractivity contribution in [2.24, 2.45) is 0 Å². The number of pyridine rings is 1. The van der Waals surface area contributed by atoms with E-state index in [4.69, 9.17) is 5.73 Å². The molecule has 1 aromatic rings. The van der Waals surface area contributed by atoms with Gasteiger partial charge in [-0.05, 0) is 24.3 Å². The van der Waals surface area contributed by atoms with Crippen molar-refractivity contribution in [2.45, 2.75) is 12.8 Å². The lowest BCUT2D eigenvalue weighted by atomic mass is 10.2. The lowest BCUT2D eigenvalue weighted by Gasteiger charge is -2.19. The van der Waals surface area contributed by atoms with Crippen LogP contribution >= 0.6 is 24.2 Å². The van der Waals surface area contributed by atoms with E-state index in [1.807, 2.05) is 22.7 Å². The number of hydrogen-bond donors (Lipinski definition) is 1. The van der Waals surface area contributed by atoms with Crippen LogP contribution < -0.4 is 5.73 Å². The predicted molar refractivity (Wildman–Crippen MR) is 78.1 cm³/mol. The number of hydrogen-bond acceptors (Lipinski definition) is 4. The largest absolute Gasteiger partial charge is 0.397 e. The van der Waals surface area contributed by atoms with Gasteiger partial charge in [-0.1, -0.05) is 0 Å². The summed E-state index contributed by atoms with van der Waals surface area (Å²) in [6.07, 6.45) is 3.07. The molecule has 100 valence electrons. The molecule has 0 atom stereocenters. The first kappa shape index (κ1) is 15.1. The third-order valence-corrected chi connectivity index (χ3v) is 3.80. The van der Waals surface area contributed by atoms with Crippen molar-refractivity contribution in [3.05, 3.63) is 24.0 Å². The number of thioether (sulfide) groups is 1. The van der Waals surface area contributed by atoms with E-state index < -0.39 is 0 Å². The van der Waals surface area contributed by atoms with Crippen molar-refractivity contribution < 1.29 is 4.79 Å². The average Bonchev–Trinajstić information content (AvgIpc) is 2.61. The molecule has 1 amide bonds. The maximum Gasteiger partial charge on any atom is 0.228 e. The first-order valence-electron chi connectivity index (χ1n) is 5.81. The van der Waals surface area contributed by atoms with Crippen LogP contribution in [0, 0.1) is 0 Å². The molecule has 18 heavy (non-hydrogen) atoms. The third kappa shape index (κ3) is 4.38. The second-order valence-corrected chi connectivity index (χ2v) is 5.33. The van der Waals surface area contributed by atoms with Gasteiger partial charge < -0.3 is 10.6 Å². The molecule has 1 saturated heterocycles. The summed E-state index contributed by atoms with van der Waals surface area (Å²) in [6.45, 7) is 1.74. The maximum atomic E-state index is 12.1. The monoisotopic (exact) mass is 287 g/mol. The Morgan fingerprint density at radius 1 is 1.39 bits per heavy atom. The highest BCUT2D eigenvalue weighted by Gasteiger charge is 2.16. The molecular weight excluding hydrogens is 270 g/mol. The van der Waals surface area contributed by atoms with Crippen LogP contribution in [0.25, 0.3) is 0 Å². The maximum absolute atomic E-state index is 12.1. The van der Waals surface area contributed by atoms with Gasteiger partial charge in [0.25, 0.3) is 0 Å². The summed E-state index contributed by atoms with van der Waals surface area (Å²) in [6, 6.07) is 3.60. The number of anilines is 1. The van der Waals surface area contributed by atoms with Gasteiger partial charge >= 0.3 is 0 Å². The first-order chi connectivity index (χ1) is 8.25. The molecule has 0 aromatic carbocycles. The molecule has 2 heterocycles. The molecule has 0 spiro atoms. The highest BCUT2D eigenvalue weighted by Crippen LogP contribution is 2.11. The van der Waals surface area contributed by atoms with Crippen LogP contribution in [0.4, 0.5) is 5.69 Å². The van der Waals surface area contributed by atoms with Crippen molar-refractivity contribution in [1.29, 1.82) is 0 Å². The standard InChI is InChI=1S/C12H17N3OS.ClH/c13-10-2-3-11(14-9-10)8-12(16)15-4-1-6-17-7-5-15;/h2-3,9H,1,4-8,13H2;1H. The molecule has 0 radical (unpaired) electrons. The van der Waals surface area contributed by atoms with E-state index in [-0.39, 0.29) is 18.3 Å². The van der Waals surface area contributed by atoms with Crippen LogP contribution in [-0.4, -0.2) is 40.4 Å². The van der Waals surface area contributed by atoms with E-state index in [2.05, 4.69) is 4.98 Å². The second kappa shape index (κ2) is 7.48. The number of rotatable bonds is 2. The zero-order chi connectivity index (χ0) is 12.1. The van der Waals surface area contributed by atoms with Crippen molar-refractivity contribution in [3.8, 4) is 0 Å². The fraction of sp³-hybridized carbons (Fsp3) is 0.500. The van der Waals surface area contributed by atoms with Gasteiger partial charge in [0.2, 0.25) is 5.91 Å². The number of aromatic nitrogens is 1. The minimum Gasteiger partial charge on any atom is -0.397 e. The normalized spacial score (nSPS) is 15.7.